The minimum atomic E-state index is -0.444. The van der Waals surface area contributed by atoms with Crippen molar-refractivity contribution in [2.45, 2.75) is 32.3 Å². The van der Waals surface area contributed by atoms with Crippen LogP contribution in [0, 0.1) is 5.92 Å². The Hall–Kier alpha value is -2.49. The second-order valence-corrected chi connectivity index (χ2v) is 7.12. The van der Waals surface area contributed by atoms with Crippen LogP contribution in [0.2, 0.25) is 0 Å². The molecule has 1 fully saturated rings. The molecule has 1 amide bonds. The first-order valence-electron chi connectivity index (χ1n) is 9.09. The van der Waals surface area contributed by atoms with Crippen LogP contribution in [0.4, 0.5) is 11.4 Å². The van der Waals surface area contributed by atoms with Gasteiger partial charge in [-0.3, -0.25) is 4.79 Å². The van der Waals surface area contributed by atoms with E-state index in [4.69, 9.17) is 4.74 Å². The third kappa shape index (κ3) is 3.48. The molecular formula is C21H24N2O2. The summed E-state index contributed by atoms with van der Waals surface area (Å²) in [4.78, 5) is 14.9. The lowest BCUT2D eigenvalue weighted by atomic mass is 9.99. The molecule has 0 bridgehead atoms. The van der Waals surface area contributed by atoms with E-state index >= 15 is 0 Å². The molecule has 1 saturated heterocycles. The number of carbonyl (C=O) groups is 1. The van der Waals surface area contributed by atoms with Gasteiger partial charge in [-0.25, -0.2) is 0 Å². The first-order chi connectivity index (χ1) is 12.2. The summed E-state index contributed by atoms with van der Waals surface area (Å²) in [6.45, 7) is 4.54. The number of benzene rings is 2. The SMILES string of the molecule is CC1CCN(c2ccc(NC(=O)[C@H]3Cc4ccccc4O3)cc2)CC1. The highest BCUT2D eigenvalue weighted by Gasteiger charge is 2.28. The Labute approximate surface area is 148 Å². The predicted octanol–water partition coefficient (Wildman–Crippen LogP) is 3.87. The van der Waals surface area contributed by atoms with Gasteiger partial charge in [0.25, 0.3) is 5.91 Å². The Kier molecular flexibility index (Phi) is 4.35. The minimum Gasteiger partial charge on any atom is -0.480 e. The number of ether oxygens (including phenoxy) is 1. The van der Waals surface area contributed by atoms with Crippen LogP contribution in [0.1, 0.15) is 25.3 Å². The van der Waals surface area contributed by atoms with Crippen LogP contribution < -0.4 is 15.0 Å². The summed E-state index contributed by atoms with van der Waals surface area (Å²) in [5.41, 5.74) is 3.14. The van der Waals surface area contributed by atoms with Crippen molar-refractivity contribution in [3.05, 3.63) is 54.1 Å². The maximum absolute atomic E-state index is 12.5. The number of rotatable bonds is 3. The van der Waals surface area contributed by atoms with Crippen LogP contribution in [0.25, 0.3) is 0 Å². The average Bonchev–Trinajstić information content (AvgIpc) is 3.07. The third-order valence-electron chi connectivity index (χ3n) is 5.22. The van der Waals surface area contributed by atoms with Gasteiger partial charge in [0.2, 0.25) is 0 Å². The lowest BCUT2D eigenvalue weighted by molar-refractivity contribution is -0.122. The summed E-state index contributed by atoms with van der Waals surface area (Å²) in [7, 11) is 0. The number of piperidine rings is 1. The molecular weight excluding hydrogens is 312 g/mol. The molecule has 4 heteroatoms. The van der Waals surface area contributed by atoms with E-state index in [9.17, 15) is 4.79 Å². The molecule has 2 aromatic carbocycles. The fourth-order valence-electron chi connectivity index (χ4n) is 3.57. The van der Waals surface area contributed by atoms with Crippen molar-refractivity contribution >= 4 is 17.3 Å². The molecule has 4 nitrogen and oxygen atoms in total. The molecule has 0 aromatic heterocycles. The number of anilines is 2. The summed E-state index contributed by atoms with van der Waals surface area (Å²) in [5.74, 6) is 1.55. The topological polar surface area (TPSA) is 41.6 Å². The Morgan fingerprint density at radius 2 is 1.80 bits per heavy atom. The number of para-hydroxylation sites is 1. The van der Waals surface area contributed by atoms with Crippen LogP contribution in [-0.4, -0.2) is 25.1 Å². The van der Waals surface area contributed by atoms with Crippen molar-refractivity contribution in [1.82, 2.24) is 0 Å². The molecule has 25 heavy (non-hydrogen) atoms. The van der Waals surface area contributed by atoms with Crippen LogP contribution in [0.3, 0.4) is 0 Å². The van der Waals surface area contributed by atoms with Gasteiger partial charge in [0, 0.05) is 30.9 Å². The van der Waals surface area contributed by atoms with E-state index in [1.807, 2.05) is 36.4 Å². The van der Waals surface area contributed by atoms with Gasteiger partial charge in [-0.2, -0.15) is 0 Å². The first kappa shape index (κ1) is 16.0. The molecule has 1 atom stereocenters. The summed E-state index contributed by atoms with van der Waals surface area (Å²) in [6.07, 6.45) is 2.68. The van der Waals surface area contributed by atoms with Gasteiger partial charge >= 0.3 is 0 Å². The van der Waals surface area contributed by atoms with Crippen molar-refractivity contribution in [3.63, 3.8) is 0 Å². The van der Waals surface area contributed by atoms with Crippen LogP contribution in [0.15, 0.2) is 48.5 Å². The Bertz CT molecular complexity index is 724. The molecule has 4 rings (SSSR count). The highest BCUT2D eigenvalue weighted by molar-refractivity contribution is 5.95. The second kappa shape index (κ2) is 6.79. The summed E-state index contributed by atoms with van der Waals surface area (Å²) < 4.78 is 5.75. The molecule has 0 aliphatic carbocycles. The number of hydrogen-bond acceptors (Lipinski definition) is 3. The third-order valence-corrected chi connectivity index (χ3v) is 5.22. The molecule has 130 valence electrons. The molecule has 0 saturated carbocycles. The molecule has 0 radical (unpaired) electrons. The van der Waals surface area contributed by atoms with E-state index in [-0.39, 0.29) is 5.91 Å². The second-order valence-electron chi connectivity index (χ2n) is 7.12. The zero-order valence-electron chi connectivity index (χ0n) is 14.6. The fraction of sp³-hybridized carbons (Fsp3) is 0.381. The highest BCUT2D eigenvalue weighted by Crippen LogP contribution is 2.29. The molecule has 0 unspecified atom stereocenters. The first-order valence-corrected chi connectivity index (χ1v) is 9.09. The van der Waals surface area contributed by atoms with Gasteiger partial charge in [0.05, 0.1) is 0 Å². The van der Waals surface area contributed by atoms with E-state index in [0.717, 1.165) is 36.0 Å². The number of hydrogen-bond donors (Lipinski definition) is 1. The molecule has 2 heterocycles. The Morgan fingerprint density at radius 3 is 2.52 bits per heavy atom. The van der Waals surface area contributed by atoms with Gasteiger partial charge in [0.1, 0.15) is 5.75 Å². The monoisotopic (exact) mass is 336 g/mol. The smallest absolute Gasteiger partial charge is 0.265 e. The van der Waals surface area contributed by atoms with Crippen LogP contribution >= 0.6 is 0 Å². The average molecular weight is 336 g/mol. The van der Waals surface area contributed by atoms with E-state index in [1.54, 1.807) is 0 Å². The zero-order chi connectivity index (χ0) is 17.2. The summed E-state index contributed by atoms with van der Waals surface area (Å²) in [6, 6.07) is 16.0. The van der Waals surface area contributed by atoms with Crippen molar-refractivity contribution < 1.29 is 9.53 Å². The van der Waals surface area contributed by atoms with Gasteiger partial charge in [-0.05, 0) is 54.7 Å². The molecule has 2 aromatic rings. The van der Waals surface area contributed by atoms with Crippen molar-refractivity contribution in [1.29, 1.82) is 0 Å². The van der Waals surface area contributed by atoms with Crippen LogP contribution in [0.5, 0.6) is 5.75 Å². The zero-order valence-corrected chi connectivity index (χ0v) is 14.6. The highest BCUT2D eigenvalue weighted by atomic mass is 16.5. The van der Waals surface area contributed by atoms with Gasteiger partial charge in [-0.15, -0.1) is 0 Å². The Balaban J connectivity index is 1.36. The number of amides is 1. The summed E-state index contributed by atoms with van der Waals surface area (Å²) in [5, 5.41) is 2.97. The number of nitrogens with one attached hydrogen (secondary N) is 1. The van der Waals surface area contributed by atoms with Crippen molar-refractivity contribution in [2.24, 2.45) is 5.92 Å². The minimum absolute atomic E-state index is 0.0873. The van der Waals surface area contributed by atoms with E-state index in [1.165, 1.54) is 18.5 Å². The Morgan fingerprint density at radius 1 is 1.08 bits per heavy atom. The normalized spacial score (nSPS) is 20.0. The van der Waals surface area contributed by atoms with Gasteiger partial charge in [0.15, 0.2) is 6.10 Å². The van der Waals surface area contributed by atoms with E-state index < -0.39 is 6.10 Å². The lowest BCUT2D eigenvalue weighted by Crippen LogP contribution is -2.33. The quantitative estimate of drug-likeness (QED) is 0.925. The van der Waals surface area contributed by atoms with Gasteiger partial charge in [-0.1, -0.05) is 25.1 Å². The largest absolute Gasteiger partial charge is 0.480 e. The number of carbonyl (C=O) groups excluding carboxylic acids is 1. The standard InChI is InChI=1S/C21H24N2O2/c1-15-10-12-23(13-11-15)18-8-6-17(7-9-18)22-21(24)20-14-16-4-2-3-5-19(16)25-20/h2-9,15,20H,10-14H2,1H3,(H,22,24)/t20-/m1/s1. The molecule has 2 aliphatic rings. The molecule has 0 spiro atoms. The molecule has 2 aliphatic heterocycles. The van der Waals surface area contributed by atoms with Crippen LogP contribution in [-0.2, 0) is 11.2 Å². The number of nitrogens with zero attached hydrogens (tertiary/aromatic N) is 1. The van der Waals surface area contributed by atoms with Crippen molar-refractivity contribution in [3.8, 4) is 5.75 Å². The van der Waals surface area contributed by atoms with Gasteiger partial charge < -0.3 is 15.0 Å². The predicted molar refractivity (Wildman–Crippen MR) is 100 cm³/mol. The van der Waals surface area contributed by atoms with E-state index in [2.05, 4.69) is 29.3 Å². The maximum atomic E-state index is 12.5. The number of fused-ring (bicyclic) bond motifs is 1. The maximum Gasteiger partial charge on any atom is 0.265 e. The molecule has 1 N–H and O–H groups in total. The van der Waals surface area contributed by atoms with E-state index in [0.29, 0.717) is 6.42 Å². The fourth-order valence-corrected chi connectivity index (χ4v) is 3.57. The summed E-state index contributed by atoms with van der Waals surface area (Å²) >= 11 is 0. The van der Waals surface area contributed by atoms with Crippen molar-refractivity contribution in [2.75, 3.05) is 23.3 Å². The lowest BCUT2D eigenvalue weighted by Gasteiger charge is -2.32.